The number of aromatic nitrogens is 2. The second-order valence-corrected chi connectivity index (χ2v) is 5.27. The third-order valence-electron chi connectivity index (χ3n) is 2.59. The molecular weight excluding hydrogens is 316 g/mol. The molecular formula is C13H20BrClN2O. The van der Waals surface area contributed by atoms with Crippen LogP contribution in [0.15, 0.2) is 4.47 Å². The van der Waals surface area contributed by atoms with Crippen LogP contribution in [0.3, 0.4) is 0 Å². The molecule has 18 heavy (non-hydrogen) atoms. The van der Waals surface area contributed by atoms with Gasteiger partial charge in [-0.15, -0.1) is 0 Å². The average Bonchev–Trinajstić information content (AvgIpc) is 2.34. The van der Waals surface area contributed by atoms with Crippen LogP contribution in [0.4, 0.5) is 0 Å². The van der Waals surface area contributed by atoms with E-state index >= 15 is 0 Å². The molecule has 5 heteroatoms. The van der Waals surface area contributed by atoms with Gasteiger partial charge in [-0.2, -0.15) is 0 Å². The van der Waals surface area contributed by atoms with E-state index in [1.54, 1.807) is 0 Å². The number of rotatable bonds is 7. The summed E-state index contributed by atoms with van der Waals surface area (Å²) in [7, 11) is 0. The SMILES string of the molecule is CCCc1nc(C(CCC)OCC)nc(Cl)c1Br. The summed E-state index contributed by atoms with van der Waals surface area (Å²) >= 11 is 9.59. The van der Waals surface area contributed by atoms with E-state index in [1.165, 1.54) is 0 Å². The molecule has 1 aromatic heterocycles. The monoisotopic (exact) mass is 334 g/mol. The minimum atomic E-state index is -0.0544. The summed E-state index contributed by atoms with van der Waals surface area (Å²) in [5.74, 6) is 0.704. The minimum Gasteiger partial charge on any atom is -0.371 e. The summed E-state index contributed by atoms with van der Waals surface area (Å²) in [6.07, 6.45) is 3.81. The van der Waals surface area contributed by atoms with Gasteiger partial charge >= 0.3 is 0 Å². The van der Waals surface area contributed by atoms with Crippen LogP contribution in [0, 0.1) is 0 Å². The van der Waals surface area contributed by atoms with E-state index in [4.69, 9.17) is 16.3 Å². The lowest BCUT2D eigenvalue weighted by molar-refractivity contribution is 0.0492. The molecule has 3 nitrogen and oxygen atoms in total. The third kappa shape index (κ3) is 4.18. The predicted octanol–water partition coefficient (Wildman–Crippen LogP) is 4.72. The molecule has 0 fully saturated rings. The van der Waals surface area contributed by atoms with Gasteiger partial charge in [0, 0.05) is 6.61 Å². The Morgan fingerprint density at radius 2 is 1.94 bits per heavy atom. The van der Waals surface area contributed by atoms with Gasteiger partial charge in [-0.05, 0) is 35.7 Å². The smallest absolute Gasteiger partial charge is 0.159 e. The molecule has 0 saturated carbocycles. The number of aryl methyl sites for hydroxylation is 1. The molecule has 0 radical (unpaired) electrons. The van der Waals surface area contributed by atoms with Crippen molar-refractivity contribution in [2.45, 2.75) is 52.6 Å². The maximum absolute atomic E-state index is 6.15. The maximum atomic E-state index is 6.15. The summed E-state index contributed by atoms with van der Waals surface area (Å²) in [5.41, 5.74) is 0.966. The van der Waals surface area contributed by atoms with Crippen LogP contribution < -0.4 is 0 Å². The highest BCUT2D eigenvalue weighted by molar-refractivity contribution is 9.10. The fraction of sp³-hybridized carbons (Fsp3) is 0.692. The largest absolute Gasteiger partial charge is 0.371 e. The van der Waals surface area contributed by atoms with Crippen molar-refractivity contribution in [2.75, 3.05) is 6.61 Å². The fourth-order valence-corrected chi connectivity index (χ4v) is 2.35. The number of hydrogen-bond donors (Lipinski definition) is 0. The van der Waals surface area contributed by atoms with Crippen LogP contribution in [0.25, 0.3) is 0 Å². The fourth-order valence-electron chi connectivity index (χ4n) is 1.78. The molecule has 102 valence electrons. The molecule has 1 atom stereocenters. The van der Waals surface area contributed by atoms with Crippen molar-refractivity contribution >= 4 is 27.5 Å². The van der Waals surface area contributed by atoms with E-state index in [0.29, 0.717) is 17.6 Å². The van der Waals surface area contributed by atoms with Gasteiger partial charge in [0.25, 0.3) is 0 Å². The number of ether oxygens (including phenoxy) is 1. The molecule has 0 spiro atoms. The van der Waals surface area contributed by atoms with Crippen molar-refractivity contribution in [2.24, 2.45) is 0 Å². The molecule has 0 bridgehead atoms. The lowest BCUT2D eigenvalue weighted by Gasteiger charge is -2.16. The Balaban J connectivity index is 3.06. The number of halogens is 2. The molecule has 1 unspecified atom stereocenters. The van der Waals surface area contributed by atoms with E-state index in [1.807, 2.05) is 6.92 Å². The van der Waals surface area contributed by atoms with Gasteiger partial charge in [-0.3, -0.25) is 0 Å². The van der Waals surface area contributed by atoms with Crippen LogP contribution in [-0.2, 0) is 11.2 Å². The Morgan fingerprint density at radius 3 is 2.50 bits per heavy atom. The number of nitrogens with zero attached hydrogens (tertiary/aromatic N) is 2. The molecule has 0 aliphatic carbocycles. The summed E-state index contributed by atoms with van der Waals surface area (Å²) in [6.45, 7) is 6.88. The topological polar surface area (TPSA) is 35.0 Å². The minimum absolute atomic E-state index is 0.0544. The zero-order valence-corrected chi connectivity index (χ0v) is 13.5. The molecule has 0 N–H and O–H groups in total. The predicted molar refractivity (Wildman–Crippen MR) is 78.0 cm³/mol. The highest BCUT2D eigenvalue weighted by Gasteiger charge is 2.18. The molecule has 0 aliphatic rings. The van der Waals surface area contributed by atoms with E-state index in [9.17, 15) is 0 Å². The van der Waals surface area contributed by atoms with Gasteiger partial charge in [-0.25, -0.2) is 9.97 Å². The van der Waals surface area contributed by atoms with Crippen LogP contribution in [0.2, 0.25) is 5.15 Å². The lowest BCUT2D eigenvalue weighted by Crippen LogP contribution is -2.11. The Morgan fingerprint density at radius 1 is 1.22 bits per heavy atom. The number of hydrogen-bond acceptors (Lipinski definition) is 3. The molecule has 1 rings (SSSR count). The third-order valence-corrected chi connectivity index (χ3v) is 3.93. The zero-order valence-electron chi connectivity index (χ0n) is 11.2. The molecule has 0 amide bonds. The van der Waals surface area contributed by atoms with Gasteiger partial charge in [0.05, 0.1) is 10.2 Å². The standard InChI is InChI=1S/C13H20BrClN2O/c1-4-7-9-11(14)12(15)17-13(16-9)10(8-5-2)18-6-3/h10H,4-8H2,1-3H3. The highest BCUT2D eigenvalue weighted by Crippen LogP contribution is 2.28. The van der Waals surface area contributed by atoms with Crippen LogP contribution >= 0.6 is 27.5 Å². The lowest BCUT2D eigenvalue weighted by atomic mass is 10.2. The first-order valence-corrected chi connectivity index (χ1v) is 7.64. The first-order chi connectivity index (χ1) is 8.63. The van der Waals surface area contributed by atoms with Crippen molar-refractivity contribution in [3.8, 4) is 0 Å². The van der Waals surface area contributed by atoms with Crippen molar-refractivity contribution in [1.82, 2.24) is 9.97 Å². The summed E-state index contributed by atoms with van der Waals surface area (Å²) in [4.78, 5) is 8.93. The van der Waals surface area contributed by atoms with E-state index < -0.39 is 0 Å². The second kappa shape index (κ2) is 8.08. The summed E-state index contributed by atoms with van der Waals surface area (Å²) in [5, 5.41) is 0.476. The Kier molecular flexibility index (Phi) is 7.12. The van der Waals surface area contributed by atoms with Crippen LogP contribution in [0.1, 0.15) is 57.7 Å². The maximum Gasteiger partial charge on any atom is 0.159 e. The van der Waals surface area contributed by atoms with E-state index in [0.717, 1.165) is 35.8 Å². The molecule has 0 saturated heterocycles. The van der Waals surface area contributed by atoms with Gasteiger partial charge in [0.1, 0.15) is 11.3 Å². The van der Waals surface area contributed by atoms with Crippen molar-refractivity contribution in [3.05, 3.63) is 21.1 Å². The van der Waals surface area contributed by atoms with E-state index in [2.05, 4.69) is 39.7 Å². The normalized spacial score (nSPS) is 12.7. The average molecular weight is 336 g/mol. The highest BCUT2D eigenvalue weighted by atomic mass is 79.9. The first kappa shape index (κ1) is 15.9. The second-order valence-electron chi connectivity index (χ2n) is 4.12. The van der Waals surface area contributed by atoms with Crippen LogP contribution in [-0.4, -0.2) is 16.6 Å². The van der Waals surface area contributed by atoms with E-state index in [-0.39, 0.29) is 6.10 Å². The molecule has 1 aromatic rings. The summed E-state index contributed by atoms with van der Waals surface area (Å²) < 4.78 is 6.50. The van der Waals surface area contributed by atoms with Gasteiger partial charge < -0.3 is 4.74 Å². The Hall–Kier alpha value is -0.190. The Labute approximate surface area is 122 Å². The molecule has 0 aromatic carbocycles. The Bertz CT molecular complexity index is 381. The van der Waals surface area contributed by atoms with Crippen molar-refractivity contribution in [3.63, 3.8) is 0 Å². The molecule has 0 aliphatic heterocycles. The zero-order chi connectivity index (χ0) is 13.5. The van der Waals surface area contributed by atoms with Gasteiger partial charge in [0.15, 0.2) is 5.82 Å². The van der Waals surface area contributed by atoms with Crippen LogP contribution in [0.5, 0.6) is 0 Å². The summed E-state index contributed by atoms with van der Waals surface area (Å²) in [6, 6.07) is 0. The quantitative estimate of drug-likeness (QED) is 0.676. The first-order valence-electron chi connectivity index (χ1n) is 6.47. The molecule has 1 heterocycles. The van der Waals surface area contributed by atoms with Crippen molar-refractivity contribution < 1.29 is 4.74 Å². The van der Waals surface area contributed by atoms with Gasteiger partial charge in [-0.1, -0.05) is 38.3 Å². The van der Waals surface area contributed by atoms with Crippen molar-refractivity contribution in [1.29, 1.82) is 0 Å². The van der Waals surface area contributed by atoms with Gasteiger partial charge in [0.2, 0.25) is 0 Å².